The molecule has 1 saturated heterocycles. The topological polar surface area (TPSA) is 85.2 Å². The molecule has 2 atom stereocenters. The van der Waals surface area contributed by atoms with E-state index < -0.39 is 5.91 Å². The Hall–Kier alpha value is -1.30. The Balaban J connectivity index is 2.37. The molecule has 0 aromatic carbocycles. The summed E-state index contributed by atoms with van der Waals surface area (Å²) in [5, 5.41) is 0.821. The van der Waals surface area contributed by atoms with Crippen LogP contribution in [0.5, 0.6) is 0 Å². The van der Waals surface area contributed by atoms with Gasteiger partial charge in [-0.25, -0.2) is 0 Å². The highest BCUT2D eigenvalue weighted by Gasteiger charge is 2.31. The van der Waals surface area contributed by atoms with Crippen LogP contribution in [0.1, 0.15) is 30.6 Å². The van der Waals surface area contributed by atoms with E-state index in [2.05, 4.69) is 23.1 Å². The number of nitrogens with zero attached hydrogens (tertiary/aromatic N) is 2. The van der Waals surface area contributed by atoms with Crippen LogP contribution in [0.15, 0.2) is 0 Å². The van der Waals surface area contributed by atoms with Gasteiger partial charge in [-0.1, -0.05) is 6.92 Å². The Morgan fingerprint density at radius 2 is 2.25 bits per heavy atom. The fraction of sp³-hybridized carbons (Fsp3) is 0.600. The van der Waals surface area contributed by atoms with Crippen LogP contribution in [-0.2, 0) is 0 Å². The van der Waals surface area contributed by atoms with Crippen LogP contribution in [-0.4, -0.2) is 22.9 Å². The largest absolute Gasteiger partial charge is 0.382 e. The number of rotatable bonds is 2. The van der Waals surface area contributed by atoms with Crippen LogP contribution in [0.3, 0.4) is 0 Å². The SMILES string of the molecule is CC1CC(C)N(c2snc(N)c2C(N)=O)C1. The first-order valence-electron chi connectivity index (χ1n) is 5.32. The zero-order valence-electron chi connectivity index (χ0n) is 9.43. The van der Waals surface area contributed by atoms with Crippen LogP contribution >= 0.6 is 11.5 Å². The lowest BCUT2D eigenvalue weighted by atomic mass is 10.1. The maximum Gasteiger partial charge on any atom is 0.255 e. The number of aromatic nitrogens is 1. The van der Waals surface area contributed by atoms with Crippen molar-refractivity contribution < 1.29 is 4.79 Å². The number of nitrogens with two attached hydrogens (primary N) is 2. The molecule has 1 aromatic heterocycles. The van der Waals surface area contributed by atoms with Crippen molar-refractivity contribution in [1.29, 1.82) is 0 Å². The summed E-state index contributed by atoms with van der Waals surface area (Å²) in [5.74, 6) is 0.381. The Labute approximate surface area is 98.6 Å². The third-order valence-corrected chi connectivity index (χ3v) is 3.89. The average Bonchev–Trinajstić information content (AvgIpc) is 2.69. The average molecular weight is 240 g/mol. The molecular weight excluding hydrogens is 224 g/mol. The van der Waals surface area contributed by atoms with Crippen molar-refractivity contribution in [3.05, 3.63) is 5.56 Å². The van der Waals surface area contributed by atoms with Gasteiger partial charge in [0.15, 0.2) is 5.82 Å². The van der Waals surface area contributed by atoms with E-state index in [0.717, 1.165) is 18.0 Å². The predicted molar refractivity (Wildman–Crippen MR) is 65.6 cm³/mol. The summed E-state index contributed by atoms with van der Waals surface area (Å²) in [7, 11) is 0. The first-order valence-corrected chi connectivity index (χ1v) is 6.09. The molecule has 1 amide bonds. The van der Waals surface area contributed by atoms with Crippen molar-refractivity contribution in [1.82, 2.24) is 4.37 Å². The van der Waals surface area contributed by atoms with Gasteiger partial charge in [0.2, 0.25) is 0 Å². The number of amides is 1. The van der Waals surface area contributed by atoms with Gasteiger partial charge in [-0.05, 0) is 30.8 Å². The quantitative estimate of drug-likeness (QED) is 0.809. The predicted octanol–water partition coefficient (Wildman–Crippen LogP) is 1.06. The minimum atomic E-state index is -0.493. The van der Waals surface area contributed by atoms with Crippen LogP contribution in [0.25, 0.3) is 0 Å². The molecule has 0 spiro atoms. The standard InChI is InChI=1S/C10H16N4OS/c1-5-3-6(2)14(4-5)10-7(9(12)15)8(11)13-16-10/h5-6H,3-4H2,1-2H3,(H2,11,13)(H2,12,15). The van der Waals surface area contributed by atoms with Crippen molar-refractivity contribution in [3.63, 3.8) is 0 Å². The van der Waals surface area contributed by atoms with E-state index in [1.54, 1.807) is 0 Å². The van der Waals surface area contributed by atoms with Gasteiger partial charge < -0.3 is 16.4 Å². The van der Waals surface area contributed by atoms with E-state index in [1.165, 1.54) is 11.5 Å². The highest BCUT2D eigenvalue weighted by Crippen LogP contribution is 2.36. The zero-order valence-corrected chi connectivity index (χ0v) is 10.3. The number of anilines is 2. The van der Waals surface area contributed by atoms with Gasteiger partial charge in [0.05, 0.1) is 0 Å². The second-order valence-electron chi connectivity index (χ2n) is 4.45. The van der Waals surface area contributed by atoms with Gasteiger partial charge in [0.25, 0.3) is 5.91 Å². The van der Waals surface area contributed by atoms with Crippen molar-refractivity contribution in [3.8, 4) is 0 Å². The minimum absolute atomic E-state index is 0.249. The summed E-state index contributed by atoms with van der Waals surface area (Å²) < 4.78 is 4.02. The summed E-state index contributed by atoms with van der Waals surface area (Å²) in [6, 6.07) is 0.410. The molecule has 2 rings (SSSR count). The Bertz CT molecular complexity index is 417. The Morgan fingerprint density at radius 1 is 1.56 bits per heavy atom. The van der Waals surface area contributed by atoms with Gasteiger partial charge in [0, 0.05) is 12.6 Å². The van der Waals surface area contributed by atoms with Gasteiger partial charge in [-0.2, -0.15) is 4.37 Å². The maximum absolute atomic E-state index is 11.3. The van der Waals surface area contributed by atoms with Crippen molar-refractivity contribution in [2.75, 3.05) is 17.2 Å². The molecule has 0 bridgehead atoms. The summed E-state index contributed by atoms with van der Waals surface area (Å²) in [6.07, 6.45) is 1.12. The Kier molecular flexibility index (Phi) is 2.75. The van der Waals surface area contributed by atoms with E-state index in [9.17, 15) is 4.79 Å². The minimum Gasteiger partial charge on any atom is -0.382 e. The van der Waals surface area contributed by atoms with Crippen LogP contribution in [0.2, 0.25) is 0 Å². The highest BCUT2D eigenvalue weighted by atomic mass is 32.1. The second-order valence-corrected chi connectivity index (χ2v) is 5.21. The smallest absolute Gasteiger partial charge is 0.255 e. The van der Waals surface area contributed by atoms with Crippen molar-refractivity contribution in [2.45, 2.75) is 26.3 Å². The van der Waals surface area contributed by atoms with Gasteiger partial charge in [0.1, 0.15) is 10.6 Å². The molecule has 1 aliphatic rings. The molecule has 4 N–H and O–H groups in total. The number of carbonyl (C=O) groups is 1. The van der Waals surface area contributed by atoms with Gasteiger partial charge in [-0.15, -0.1) is 0 Å². The molecule has 1 aromatic rings. The fourth-order valence-corrected chi connectivity index (χ4v) is 3.24. The molecule has 2 unspecified atom stereocenters. The summed E-state index contributed by atoms with van der Waals surface area (Å²) in [4.78, 5) is 13.5. The van der Waals surface area contributed by atoms with Crippen LogP contribution in [0, 0.1) is 5.92 Å². The summed E-state index contributed by atoms with van der Waals surface area (Å²) in [5.41, 5.74) is 11.4. The van der Waals surface area contributed by atoms with E-state index in [1.807, 2.05) is 0 Å². The number of hydrogen-bond acceptors (Lipinski definition) is 5. The molecule has 16 heavy (non-hydrogen) atoms. The third kappa shape index (κ3) is 1.73. The van der Waals surface area contributed by atoms with Gasteiger partial charge >= 0.3 is 0 Å². The summed E-state index contributed by atoms with van der Waals surface area (Å²) >= 11 is 1.26. The van der Waals surface area contributed by atoms with Gasteiger partial charge in [-0.3, -0.25) is 4.79 Å². The lowest BCUT2D eigenvalue weighted by molar-refractivity contribution is 0.100. The molecule has 6 heteroatoms. The van der Waals surface area contributed by atoms with Crippen LogP contribution in [0.4, 0.5) is 10.8 Å². The number of carbonyl (C=O) groups excluding carboxylic acids is 1. The molecule has 0 radical (unpaired) electrons. The molecule has 0 aliphatic carbocycles. The molecule has 88 valence electrons. The normalized spacial score (nSPS) is 25.0. The van der Waals surface area contributed by atoms with Crippen molar-refractivity contribution in [2.24, 2.45) is 11.7 Å². The fourth-order valence-electron chi connectivity index (χ4n) is 2.30. The third-order valence-electron chi connectivity index (χ3n) is 2.99. The van der Waals surface area contributed by atoms with Crippen LogP contribution < -0.4 is 16.4 Å². The zero-order chi connectivity index (χ0) is 11.9. The first kappa shape index (κ1) is 11.2. The molecule has 2 heterocycles. The van der Waals surface area contributed by atoms with E-state index in [4.69, 9.17) is 11.5 Å². The molecule has 0 saturated carbocycles. The van der Waals surface area contributed by atoms with E-state index in [-0.39, 0.29) is 5.82 Å². The summed E-state index contributed by atoms with van der Waals surface area (Å²) in [6.45, 7) is 5.28. The van der Waals surface area contributed by atoms with Crippen molar-refractivity contribution >= 4 is 28.3 Å². The number of nitrogen functional groups attached to an aromatic ring is 1. The molecular formula is C10H16N4OS. The molecule has 1 fully saturated rings. The van der Waals surface area contributed by atoms with E-state index >= 15 is 0 Å². The lowest BCUT2D eigenvalue weighted by Crippen LogP contribution is -2.28. The maximum atomic E-state index is 11.3. The molecule has 1 aliphatic heterocycles. The monoisotopic (exact) mass is 240 g/mol. The number of primary amides is 1. The molecule has 5 nitrogen and oxygen atoms in total. The Morgan fingerprint density at radius 3 is 2.75 bits per heavy atom. The first-order chi connectivity index (χ1) is 7.50. The second kappa shape index (κ2) is 3.93. The highest BCUT2D eigenvalue weighted by molar-refractivity contribution is 7.11. The van der Waals surface area contributed by atoms with E-state index in [0.29, 0.717) is 17.5 Å². The lowest BCUT2D eigenvalue weighted by Gasteiger charge is -2.22. The number of hydrogen-bond donors (Lipinski definition) is 2.